The molecule has 1 aromatic carbocycles. The summed E-state index contributed by atoms with van der Waals surface area (Å²) < 4.78 is 43.6. The van der Waals surface area contributed by atoms with Crippen LogP contribution in [0, 0.1) is 0 Å². The van der Waals surface area contributed by atoms with Crippen molar-refractivity contribution in [2.45, 2.75) is 68.9 Å². The van der Waals surface area contributed by atoms with Crippen LogP contribution < -0.4 is 19.5 Å². The lowest BCUT2D eigenvalue weighted by molar-refractivity contribution is -0.155. The second-order valence-corrected chi connectivity index (χ2v) is 9.55. The van der Waals surface area contributed by atoms with Crippen LogP contribution >= 0.6 is 0 Å². The Labute approximate surface area is 182 Å². The number of carbonyl (C=O) groups excluding carboxylic acids is 2. The molecule has 1 atom stereocenters. The lowest BCUT2D eigenvalue weighted by atomic mass is 9.95. The van der Waals surface area contributed by atoms with Gasteiger partial charge in [0.25, 0.3) is 5.91 Å². The lowest BCUT2D eigenvalue weighted by Crippen LogP contribution is -2.43. The molecule has 0 spiro atoms. The van der Waals surface area contributed by atoms with Gasteiger partial charge in [0.2, 0.25) is 10.0 Å². The number of sulfonamides is 1. The van der Waals surface area contributed by atoms with E-state index in [0.717, 1.165) is 25.7 Å². The van der Waals surface area contributed by atoms with Gasteiger partial charge in [-0.3, -0.25) is 9.59 Å². The molecule has 2 aliphatic rings. The highest BCUT2D eigenvalue weighted by molar-refractivity contribution is 7.89. The third-order valence-corrected chi connectivity index (χ3v) is 6.74. The quantitative estimate of drug-likeness (QED) is 0.576. The summed E-state index contributed by atoms with van der Waals surface area (Å²) in [5.41, 5.74) is 0. The molecule has 31 heavy (non-hydrogen) atoms. The van der Waals surface area contributed by atoms with Gasteiger partial charge >= 0.3 is 5.97 Å². The Hall–Kier alpha value is -2.33. The van der Waals surface area contributed by atoms with Gasteiger partial charge in [-0.1, -0.05) is 19.3 Å². The number of ether oxygens (including phenoxy) is 3. The molecule has 0 aromatic heterocycles. The van der Waals surface area contributed by atoms with E-state index in [4.69, 9.17) is 14.2 Å². The molecule has 1 amide bonds. The Morgan fingerprint density at radius 3 is 2.55 bits per heavy atom. The summed E-state index contributed by atoms with van der Waals surface area (Å²) in [5.74, 6) is -0.0983. The van der Waals surface area contributed by atoms with E-state index in [1.807, 2.05) is 0 Å². The normalized spacial score (nSPS) is 18.0. The van der Waals surface area contributed by atoms with E-state index in [1.54, 1.807) is 6.07 Å². The molecule has 1 saturated carbocycles. The Balaban J connectivity index is 1.44. The van der Waals surface area contributed by atoms with E-state index in [1.165, 1.54) is 25.5 Å². The number of hydrogen-bond acceptors (Lipinski definition) is 7. The fraction of sp³-hybridized carbons (Fsp3) is 0.619. The minimum atomic E-state index is -3.84. The number of nitrogens with one attached hydrogen (secondary N) is 2. The zero-order chi connectivity index (χ0) is 22.3. The van der Waals surface area contributed by atoms with Gasteiger partial charge in [-0.15, -0.1) is 0 Å². The maximum absolute atomic E-state index is 12.5. The van der Waals surface area contributed by atoms with Crippen molar-refractivity contribution in [3.8, 4) is 11.5 Å². The molecule has 1 aliphatic carbocycles. The van der Waals surface area contributed by atoms with Crippen LogP contribution in [0.4, 0.5) is 0 Å². The van der Waals surface area contributed by atoms with Crippen LogP contribution in [0.25, 0.3) is 0 Å². The van der Waals surface area contributed by atoms with Crippen LogP contribution in [-0.2, 0) is 24.3 Å². The average molecular weight is 455 g/mol. The second-order valence-electron chi connectivity index (χ2n) is 7.78. The third-order valence-electron chi connectivity index (χ3n) is 5.28. The zero-order valence-electron chi connectivity index (χ0n) is 17.7. The SMILES string of the molecule is C[C@@H](OC(=O)CCNS(=O)(=O)c1ccc2c(c1)OCCCO2)C(=O)NC1CCCCC1. The number of hydrogen-bond donors (Lipinski definition) is 2. The summed E-state index contributed by atoms with van der Waals surface area (Å²) in [4.78, 5) is 24.2. The van der Waals surface area contributed by atoms with Gasteiger partial charge < -0.3 is 19.5 Å². The highest BCUT2D eigenvalue weighted by Gasteiger charge is 2.23. The van der Waals surface area contributed by atoms with Crippen molar-refractivity contribution >= 4 is 21.9 Å². The van der Waals surface area contributed by atoms with Gasteiger partial charge in [0.05, 0.1) is 24.5 Å². The van der Waals surface area contributed by atoms with Crippen molar-refractivity contribution in [2.75, 3.05) is 19.8 Å². The molecule has 0 unspecified atom stereocenters. The van der Waals surface area contributed by atoms with Gasteiger partial charge in [0, 0.05) is 25.1 Å². The molecule has 1 aromatic rings. The van der Waals surface area contributed by atoms with Crippen molar-refractivity contribution in [1.29, 1.82) is 0 Å². The van der Waals surface area contributed by atoms with Crippen molar-refractivity contribution in [3.63, 3.8) is 0 Å². The van der Waals surface area contributed by atoms with E-state index >= 15 is 0 Å². The smallest absolute Gasteiger partial charge is 0.307 e. The summed E-state index contributed by atoms with van der Waals surface area (Å²) in [7, 11) is -3.84. The van der Waals surface area contributed by atoms with Crippen molar-refractivity contribution in [2.24, 2.45) is 0 Å². The predicted molar refractivity (Wildman–Crippen MR) is 112 cm³/mol. The summed E-state index contributed by atoms with van der Waals surface area (Å²) >= 11 is 0. The molecule has 2 N–H and O–H groups in total. The van der Waals surface area contributed by atoms with Gasteiger partial charge in [-0.2, -0.15) is 0 Å². The van der Waals surface area contributed by atoms with Gasteiger partial charge in [-0.05, 0) is 31.9 Å². The molecular formula is C21H30N2O7S. The van der Waals surface area contributed by atoms with Crippen LogP contribution in [0.3, 0.4) is 0 Å². The molecule has 1 heterocycles. The van der Waals surface area contributed by atoms with Crippen molar-refractivity contribution < 1.29 is 32.2 Å². The molecule has 3 rings (SSSR count). The molecule has 0 radical (unpaired) electrons. The fourth-order valence-corrected chi connectivity index (χ4v) is 4.60. The van der Waals surface area contributed by atoms with Crippen molar-refractivity contribution in [1.82, 2.24) is 10.0 Å². The number of amides is 1. The monoisotopic (exact) mass is 454 g/mol. The number of carbonyl (C=O) groups is 2. The second kappa shape index (κ2) is 10.8. The summed E-state index contributed by atoms with van der Waals surface area (Å²) in [6, 6.07) is 4.51. The summed E-state index contributed by atoms with van der Waals surface area (Å²) in [5, 5.41) is 2.91. The fourth-order valence-electron chi connectivity index (χ4n) is 3.56. The molecule has 10 heteroatoms. The first-order valence-corrected chi connectivity index (χ1v) is 12.2. The predicted octanol–water partition coefficient (Wildman–Crippen LogP) is 1.90. The Morgan fingerprint density at radius 1 is 1.10 bits per heavy atom. The number of rotatable bonds is 8. The van der Waals surface area contributed by atoms with Crippen LogP contribution in [0.5, 0.6) is 11.5 Å². The number of fused-ring (bicyclic) bond motifs is 1. The Bertz CT molecular complexity index is 882. The molecule has 0 bridgehead atoms. The summed E-state index contributed by atoms with van der Waals surface area (Å²) in [6.45, 7) is 2.32. The number of benzene rings is 1. The molecule has 1 aliphatic heterocycles. The van der Waals surface area contributed by atoms with Crippen LogP contribution in [0.15, 0.2) is 23.1 Å². The molecule has 0 saturated heterocycles. The molecule has 9 nitrogen and oxygen atoms in total. The molecule has 1 fully saturated rings. The largest absolute Gasteiger partial charge is 0.490 e. The van der Waals surface area contributed by atoms with Gasteiger partial charge in [-0.25, -0.2) is 13.1 Å². The standard InChI is InChI=1S/C21H30N2O7S/c1-15(21(25)23-16-6-3-2-4-7-16)30-20(24)10-11-22-31(26,27)17-8-9-18-19(14-17)29-13-5-12-28-18/h8-9,14-16,22H,2-7,10-13H2,1H3,(H,23,25)/t15-/m1/s1. The van der Waals surface area contributed by atoms with E-state index in [0.29, 0.717) is 31.1 Å². The Morgan fingerprint density at radius 2 is 1.81 bits per heavy atom. The first-order valence-electron chi connectivity index (χ1n) is 10.7. The van der Waals surface area contributed by atoms with Gasteiger partial charge in [0.1, 0.15) is 0 Å². The topological polar surface area (TPSA) is 120 Å². The maximum atomic E-state index is 12.5. The molecule has 172 valence electrons. The van der Waals surface area contributed by atoms with E-state index < -0.39 is 22.1 Å². The maximum Gasteiger partial charge on any atom is 0.307 e. The van der Waals surface area contributed by atoms with Crippen LogP contribution in [0.1, 0.15) is 51.9 Å². The van der Waals surface area contributed by atoms with Crippen LogP contribution in [-0.4, -0.2) is 52.2 Å². The summed E-state index contributed by atoms with van der Waals surface area (Å²) in [6.07, 6.45) is 4.83. The minimum absolute atomic E-state index is 0.0188. The minimum Gasteiger partial charge on any atom is -0.490 e. The third kappa shape index (κ3) is 6.83. The highest BCUT2D eigenvalue weighted by Crippen LogP contribution is 2.31. The highest BCUT2D eigenvalue weighted by atomic mass is 32.2. The average Bonchev–Trinajstić information content (AvgIpc) is 2.99. The van der Waals surface area contributed by atoms with E-state index in [9.17, 15) is 18.0 Å². The number of esters is 1. The van der Waals surface area contributed by atoms with Crippen molar-refractivity contribution in [3.05, 3.63) is 18.2 Å². The van der Waals surface area contributed by atoms with E-state index in [-0.39, 0.29) is 29.8 Å². The van der Waals surface area contributed by atoms with Gasteiger partial charge in [0.15, 0.2) is 17.6 Å². The lowest BCUT2D eigenvalue weighted by Gasteiger charge is -2.24. The Kier molecular flexibility index (Phi) is 8.14. The first kappa shape index (κ1) is 23.3. The van der Waals surface area contributed by atoms with Crippen LogP contribution in [0.2, 0.25) is 0 Å². The first-order chi connectivity index (χ1) is 14.8. The van der Waals surface area contributed by atoms with E-state index in [2.05, 4.69) is 10.0 Å². The molecular weight excluding hydrogens is 424 g/mol. The zero-order valence-corrected chi connectivity index (χ0v) is 18.5.